The van der Waals surface area contributed by atoms with Gasteiger partial charge < -0.3 is 20.5 Å². The van der Waals surface area contributed by atoms with E-state index in [0.717, 1.165) is 5.56 Å². The summed E-state index contributed by atoms with van der Waals surface area (Å²) in [6, 6.07) is 17.9. The highest BCUT2D eigenvalue weighted by Crippen LogP contribution is 2.30. The first kappa shape index (κ1) is 22.3. The highest BCUT2D eigenvalue weighted by molar-refractivity contribution is 6.09. The molecule has 3 N–H and O–H groups in total. The number of nitrogens with one attached hydrogen (secondary N) is 1. The van der Waals surface area contributed by atoms with Crippen LogP contribution >= 0.6 is 0 Å². The molecule has 164 valence electrons. The second-order valence-corrected chi connectivity index (χ2v) is 6.78. The molecular formula is C23H21N3O6. The Morgan fingerprint density at radius 2 is 1.75 bits per heavy atom. The number of amides is 1. The topological polar surface area (TPSA) is 134 Å². The Hall–Kier alpha value is -4.40. The zero-order chi connectivity index (χ0) is 23.1. The van der Waals surface area contributed by atoms with Crippen molar-refractivity contribution in [1.29, 1.82) is 0 Å². The monoisotopic (exact) mass is 435 g/mol. The number of carbonyl (C=O) groups is 2. The zero-order valence-corrected chi connectivity index (χ0v) is 17.2. The first-order valence-electron chi connectivity index (χ1n) is 9.59. The van der Waals surface area contributed by atoms with Crippen LogP contribution in [0.4, 0.5) is 11.4 Å². The Bertz CT molecular complexity index is 1150. The van der Waals surface area contributed by atoms with Crippen LogP contribution in [0.5, 0.6) is 11.5 Å². The molecule has 3 aromatic carbocycles. The number of anilines is 1. The van der Waals surface area contributed by atoms with Crippen molar-refractivity contribution >= 4 is 23.1 Å². The smallest absolute Gasteiger partial charge is 0.293 e. The number of benzene rings is 3. The third kappa shape index (κ3) is 5.39. The molecule has 1 amide bonds. The Morgan fingerprint density at radius 1 is 1.00 bits per heavy atom. The zero-order valence-electron chi connectivity index (χ0n) is 17.2. The summed E-state index contributed by atoms with van der Waals surface area (Å²) in [6.45, 7) is -0.0342. The number of nitrogens with two attached hydrogens (primary N) is 1. The third-order valence-corrected chi connectivity index (χ3v) is 4.57. The van der Waals surface area contributed by atoms with Crippen molar-refractivity contribution in [2.45, 2.75) is 6.54 Å². The Labute approximate surface area is 183 Å². The minimum absolute atomic E-state index is 0.208. The SMILES string of the molecule is COc1cc(CNc2ccc(C(=O)c3ccccc3)cc2[N+](=O)[O-])ccc1OCC(N)=O. The van der Waals surface area contributed by atoms with E-state index in [9.17, 15) is 19.7 Å². The fourth-order valence-corrected chi connectivity index (χ4v) is 3.02. The van der Waals surface area contributed by atoms with E-state index in [4.69, 9.17) is 15.2 Å². The summed E-state index contributed by atoms with van der Waals surface area (Å²) in [5.41, 5.74) is 6.58. The van der Waals surface area contributed by atoms with Crippen LogP contribution in [0.15, 0.2) is 66.7 Å². The lowest BCUT2D eigenvalue weighted by Crippen LogP contribution is -2.20. The fraction of sp³-hybridized carbons (Fsp3) is 0.130. The molecule has 0 atom stereocenters. The van der Waals surface area contributed by atoms with E-state index < -0.39 is 10.8 Å². The van der Waals surface area contributed by atoms with Crippen LogP contribution in [0, 0.1) is 10.1 Å². The number of hydrogen-bond donors (Lipinski definition) is 2. The van der Waals surface area contributed by atoms with Crippen molar-refractivity contribution in [3.8, 4) is 11.5 Å². The van der Waals surface area contributed by atoms with E-state index in [1.54, 1.807) is 54.6 Å². The summed E-state index contributed by atoms with van der Waals surface area (Å²) in [7, 11) is 1.46. The van der Waals surface area contributed by atoms with Gasteiger partial charge >= 0.3 is 0 Å². The molecule has 0 bridgehead atoms. The lowest BCUT2D eigenvalue weighted by molar-refractivity contribution is -0.384. The number of rotatable bonds is 10. The standard InChI is InChI=1S/C23H21N3O6/c1-31-21-11-15(7-10-20(21)32-14-22(24)27)13-25-18-9-8-17(12-19(18)26(29)30)23(28)16-5-3-2-4-6-16/h2-12,25H,13-14H2,1H3,(H2,24,27). The van der Waals surface area contributed by atoms with Gasteiger partial charge in [-0.2, -0.15) is 0 Å². The number of primary amides is 1. The van der Waals surface area contributed by atoms with Crippen molar-refractivity contribution in [3.05, 3.63) is 93.5 Å². The molecule has 0 aliphatic rings. The number of nitro groups is 1. The van der Waals surface area contributed by atoms with Gasteiger partial charge in [0.2, 0.25) is 0 Å². The Morgan fingerprint density at radius 3 is 2.41 bits per heavy atom. The van der Waals surface area contributed by atoms with E-state index in [1.165, 1.54) is 19.2 Å². The molecule has 0 aliphatic heterocycles. The van der Waals surface area contributed by atoms with Crippen LogP contribution in [-0.2, 0) is 11.3 Å². The van der Waals surface area contributed by atoms with E-state index in [2.05, 4.69) is 5.32 Å². The second kappa shape index (κ2) is 10.1. The summed E-state index contributed by atoms with van der Waals surface area (Å²) < 4.78 is 10.6. The lowest BCUT2D eigenvalue weighted by Gasteiger charge is -2.12. The van der Waals surface area contributed by atoms with Crippen LogP contribution in [0.25, 0.3) is 0 Å². The van der Waals surface area contributed by atoms with Crippen molar-refractivity contribution in [1.82, 2.24) is 0 Å². The van der Waals surface area contributed by atoms with Crippen molar-refractivity contribution < 1.29 is 24.0 Å². The minimum Gasteiger partial charge on any atom is -0.493 e. The van der Waals surface area contributed by atoms with Gasteiger partial charge in [-0.15, -0.1) is 0 Å². The highest BCUT2D eigenvalue weighted by atomic mass is 16.6. The number of methoxy groups -OCH3 is 1. The molecular weight excluding hydrogens is 414 g/mol. The number of carbonyl (C=O) groups excluding carboxylic acids is 2. The van der Waals surface area contributed by atoms with Gasteiger partial charge in [0.1, 0.15) is 5.69 Å². The maximum atomic E-state index is 12.6. The van der Waals surface area contributed by atoms with Crippen molar-refractivity contribution in [3.63, 3.8) is 0 Å². The maximum absolute atomic E-state index is 12.6. The first-order valence-corrected chi connectivity index (χ1v) is 9.59. The van der Waals surface area contributed by atoms with Gasteiger partial charge in [0.05, 0.1) is 12.0 Å². The van der Waals surface area contributed by atoms with Crippen LogP contribution in [0.3, 0.4) is 0 Å². The molecule has 0 unspecified atom stereocenters. The molecule has 3 aromatic rings. The Balaban J connectivity index is 1.78. The second-order valence-electron chi connectivity index (χ2n) is 6.78. The predicted molar refractivity (Wildman–Crippen MR) is 118 cm³/mol. The predicted octanol–water partition coefficient (Wildman–Crippen LogP) is 3.31. The van der Waals surface area contributed by atoms with Gasteiger partial charge in [-0.05, 0) is 29.8 Å². The van der Waals surface area contributed by atoms with E-state index >= 15 is 0 Å². The summed E-state index contributed by atoms with van der Waals surface area (Å²) >= 11 is 0. The molecule has 3 rings (SSSR count). The van der Waals surface area contributed by atoms with Gasteiger partial charge in [0, 0.05) is 23.7 Å². The molecule has 0 saturated heterocycles. The van der Waals surface area contributed by atoms with Crippen LogP contribution in [0.1, 0.15) is 21.5 Å². The maximum Gasteiger partial charge on any atom is 0.293 e. The molecule has 32 heavy (non-hydrogen) atoms. The van der Waals surface area contributed by atoms with E-state index in [1.807, 2.05) is 0 Å². The number of hydrogen-bond acceptors (Lipinski definition) is 7. The Kier molecular flexibility index (Phi) is 7.02. The van der Waals surface area contributed by atoms with Crippen LogP contribution in [-0.4, -0.2) is 30.3 Å². The van der Waals surface area contributed by atoms with Crippen LogP contribution < -0.4 is 20.5 Å². The molecule has 0 aliphatic carbocycles. The normalized spacial score (nSPS) is 10.3. The quantitative estimate of drug-likeness (QED) is 0.283. The van der Waals surface area contributed by atoms with Gasteiger partial charge in [0.25, 0.3) is 11.6 Å². The average molecular weight is 435 g/mol. The molecule has 0 fully saturated rings. The molecule has 9 heteroatoms. The van der Waals surface area contributed by atoms with Gasteiger partial charge in [-0.25, -0.2) is 0 Å². The van der Waals surface area contributed by atoms with E-state index in [-0.39, 0.29) is 35.9 Å². The number of nitro benzene ring substituents is 1. The van der Waals surface area contributed by atoms with Crippen LogP contribution in [0.2, 0.25) is 0 Å². The largest absolute Gasteiger partial charge is 0.493 e. The molecule has 0 spiro atoms. The summed E-state index contributed by atoms with van der Waals surface area (Å²) in [6.07, 6.45) is 0. The van der Waals surface area contributed by atoms with Gasteiger partial charge in [0.15, 0.2) is 23.9 Å². The lowest BCUT2D eigenvalue weighted by atomic mass is 10.0. The molecule has 0 radical (unpaired) electrons. The summed E-state index contributed by atoms with van der Waals surface area (Å²) in [4.78, 5) is 34.6. The number of ether oxygens (including phenoxy) is 2. The van der Waals surface area contributed by atoms with Gasteiger partial charge in [-0.3, -0.25) is 19.7 Å². The number of nitrogens with zero attached hydrogens (tertiary/aromatic N) is 1. The van der Waals surface area contributed by atoms with E-state index in [0.29, 0.717) is 17.1 Å². The summed E-state index contributed by atoms with van der Waals surface area (Å²) in [5, 5.41) is 14.6. The highest BCUT2D eigenvalue weighted by Gasteiger charge is 2.18. The summed E-state index contributed by atoms with van der Waals surface area (Å²) in [5.74, 6) is -0.163. The average Bonchev–Trinajstić information content (AvgIpc) is 2.81. The first-order chi connectivity index (χ1) is 15.4. The molecule has 0 aromatic heterocycles. The van der Waals surface area contributed by atoms with Crippen molar-refractivity contribution in [2.24, 2.45) is 5.73 Å². The molecule has 0 heterocycles. The minimum atomic E-state index is -0.612. The van der Waals surface area contributed by atoms with Gasteiger partial charge in [-0.1, -0.05) is 36.4 Å². The fourth-order valence-electron chi connectivity index (χ4n) is 3.02. The molecule has 0 saturated carbocycles. The van der Waals surface area contributed by atoms with Crippen molar-refractivity contribution in [2.75, 3.05) is 19.0 Å². The molecule has 9 nitrogen and oxygen atoms in total. The third-order valence-electron chi connectivity index (χ3n) is 4.57. The number of ketones is 1.